The Morgan fingerprint density at radius 1 is 1.14 bits per heavy atom. The number of rotatable bonds is 6. The van der Waals surface area contributed by atoms with Crippen LogP contribution in [0.3, 0.4) is 0 Å². The molecule has 156 valence electrons. The molecule has 1 aliphatic carbocycles. The molecule has 0 atom stereocenters. The van der Waals surface area contributed by atoms with Gasteiger partial charge in [0.15, 0.2) is 5.78 Å². The minimum Gasteiger partial charge on any atom is -0.306 e. The van der Waals surface area contributed by atoms with Crippen molar-refractivity contribution < 1.29 is 17.6 Å². The lowest BCUT2D eigenvalue weighted by Crippen LogP contribution is -2.38. The molecule has 0 bridgehead atoms. The van der Waals surface area contributed by atoms with Crippen molar-refractivity contribution in [3.05, 3.63) is 34.6 Å². The Bertz CT molecular complexity index is 811. The van der Waals surface area contributed by atoms with Gasteiger partial charge in [0, 0.05) is 0 Å². The molecule has 0 spiro atoms. The smallest absolute Gasteiger partial charge is 0.214 e. The first-order chi connectivity index (χ1) is 13.3. The Balaban J connectivity index is 1.72. The number of ketones is 1. The van der Waals surface area contributed by atoms with Crippen molar-refractivity contribution in [3.63, 3.8) is 0 Å². The topological polar surface area (TPSA) is 66.5 Å². The Morgan fingerprint density at radius 3 is 2.43 bits per heavy atom. The van der Waals surface area contributed by atoms with Gasteiger partial charge in [-0.25, -0.2) is 17.5 Å². The number of sulfonamides is 1. The lowest BCUT2D eigenvalue weighted by atomic mass is 9.87. The quantitative estimate of drug-likeness (QED) is 0.730. The zero-order valence-electron chi connectivity index (χ0n) is 16.8. The van der Waals surface area contributed by atoms with Crippen LogP contribution in [0.5, 0.6) is 0 Å². The van der Waals surface area contributed by atoms with Gasteiger partial charge < -0.3 is 4.90 Å². The summed E-state index contributed by atoms with van der Waals surface area (Å²) in [6.07, 6.45) is 6.05. The Hall–Kier alpha value is -1.31. The number of halogens is 1. The molecule has 0 unspecified atom stereocenters. The van der Waals surface area contributed by atoms with Crippen molar-refractivity contribution in [2.24, 2.45) is 0 Å². The van der Waals surface area contributed by atoms with E-state index in [4.69, 9.17) is 0 Å². The molecular weight excluding hydrogens is 379 g/mol. The number of benzene rings is 1. The fraction of sp³-hybridized carbons (Fsp3) is 0.667. The van der Waals surface area contributed by atoms with Gasteiger partial charge in [0.25, 0.3) is 0 Å². The normalized spacial score (nSPS) is 20.4. The van der Waals surface area contributed by atoms with Crippen molar-refractivity contribution in [1.82, 2.24) is 9.62 Å². The second-order valence-corrected chi connectivity index (χ2v) is 10.4. The van der Waals surface area contributed by atoms with Crippen LogP contribution in [-0.4, -0.2) is 51.0 Å². The molecule has 2 aliphatic rings. The molecule has 1 aliphatic heterocycles. The molecule has 1 aromatic carbocycles. The molecule has 1 saturated carbocycles. The number of hydrogen-bond acceptors (Lipinski definition) is 4. The number of nitrogens with one attached hydrogen (secondary N) is 1. The van der Waals surface area contributed by atoms with Crippen molar-refractivity contribution >= 4 is 15.8 Å². The highest BCUT2D eigenvalue weighted by atomic mass is 32.2. The van der Waals surface area contributed by atoms with Gasteiger partial charge >= 0.3 is 0 Å². The summed E-state index contributed by atoms with van der Waals surface area (Å²) in [4.78, 5) is 14.9. The number of aryl methyl sites for hydroxylation is 1. The Labute approximate surface area is 167 Å². The molecule has 5 nitrogen and oxygen atoms in total. The summed E-state index contributed by atoms with van der Waals surface area (Å²) in [6, 6.07) is 3.46. The number of piperidine rings is 1. The van der Waals surface area contributed by atoms with Gasteiger partial charge in [0.2, 0.25) is 10.0 Å². The summed E-state index contributed by atoms with van der Waals surface area (Å²) in [5.74, 6) is -0.741. The van der Waals surface area contributed by atoms with Gasteiger partial charge in [-0.15, -0.1) is 0 Å². The molecular formula is C21H31FN2O3S. The standard InChI is InChI=1S/C21H31FN2O3S/c1-15-12-17(16-8-10-24(2)11-9-16)13-19(21(15)22)20(25)14-23-28(26,27)18-6-4-3-5-7-18/h12-13,16,18,23H,3-11,14H2,1-2H3. The van der Waals surface area contributed by atoms with Crippen LogP contribution in [0.15, 0.2) is 12.1 Å². The molecule has 1 saturated heterocycles. The van der Waals surface area contributed by atoms with Crippen LogP contribution in [-0.2, 0) is 10.0 Å². The van der Waals surface area contributed by atoms with Gasteiger partial charge in [0.05, 0.1) is 17.4 Å². The third-order valence-electron chi connectivity index (χ3n) is 6.19. The Kier molecular flexibility index (Phi) is 6.89. The highest BCUT2D eigenvalue weighted by molar-refractivity contribution is 7.90. The number of carbonyl (C=O) groups is 1. The van der Waals surface area contributed by atoms with Crippen LogP contribution in [0.1, 0.15) is 72.3 Å². The number of carbonyl (C=O) groups excluding carboxylic acids is 1. The van der Waals surface area contributed by atoms with E-state index in [0.29, 0.717) is 24.3 Å². The third-order valence-corrected chi connectivity index (χ3v) is 8.09. The van der Waals surface area contributed by atoms with Crippen molar-refractivity contribution in [2.45, 2.75) is 63.0 Å². The first-order valence-corrected chi connectivity index (χ1v) is 11.8. The lowest BCUT2D eigenvalue weighted by Gasteiger charge is -2.29. The summed E-state index contributed by atoms with van der Waals surface area (Å²) in [6.45, 7) is 3.24. The first-order valence-electron chi connectivity index (χ1n) is 10.3. The molecule has 0 amide bonds. The van der Waals surface area contributed by atoms with Crippen LogP contribution < -0.4 is 4.72 Å². The number of hydrogen-bond donors (Lipinski definition) is 1. The maximum absolute atomic E-state index is 14.6. The fourth-order valence-corrected chi connectivity index (χ4v) is 5.85. The van der Waals surface area contributed by atoms with Crippen LogP contribution in [0.4, 0.5) is 4.39 Å². The van der Waals surface area contributed by atoms with E-state index < -0.39 is 26.9 Å². The molecule has 0 radical (unpaired) electrons. The monoisotopic (exact) mass is 410 g/mol. The van der Waals surface area contributed by atoms with Gasteiger partial charge in [-0.3, -0.25) is 4.79 Å². The SMILES string of the molecule is Cc1cc(C2CCN(C)CC2)cc(C(=O)CNS(=O)(=O)C2CCCCC2)c1F. The molecule has 0 aromatic heterocycles. The third kappa shape index (κ3) is 4.99. The molecule has 2 fully saturated rings. The van der Waals surface area contributed by atoms with Crippen molar-refractivity contribution in [2.75, 3.05) is 26.7 Å². The van der Waals surface area contributed by atoms with E-state index in [2.05, 4.69) is 16.7 Å². The largest absolute Gasteiger partial charge is 0.306 e. The maximum atomic E-state index is 14.6. The van der Waals surface area contributed by atoms with E-state index in [-0.39, 0.29) is 12.1 Å². The van der Waals surface area contributed by atoms with Crippen molar-refractivity contribution in [3.8, 4) is 0 Å². The second-order valence-electron chi connectivity index (χ2n) is 8.33. The van der Waals surface area contributed by atoms with Gasteiger partial charge in [0.1, 0.15) is 5.82 Å². The summed E-state index contributed by atoms with van der Waals surface area (Å²) >= 11 is 0. The minimum absolute atomic E-state index is 0.000252. The average molecular weight is 411 g/mol. The van der Waals surface area contributed by atoms with E-state index in [9.17, 15) is 17.6 Å². The fourth-order valence-electron chi connectivity index (χ4n) is 4.33. The zero-order chi connectivity index (χ0) is 20.3. The van der Waals surface area contributed by atoms with E-state index >= 15 is 0 Å². The van der Waals surface area contributed by atoms with Crippen LogP contribution in [0.25, 0.3) is 0 Å². The summed E-state index contributed by atoms with van der Waals surface area (Å²) in [5, 5.41) is -0.439. The molecule has 1 aromatic rings. The lowest BCUT2D eigenvalue weighted by molar-refractivity contribution is 0.0992. The molecule has 7 heteroatoms. The highest BCUT2D eigenvalue weighted by Gasteiger charge is 2.28. The highest BCUT2D eigenvalue weighted by Crippen LogP contribution is 2.30. The van der Waals surface area contributed by atoms with Crippen LogP contribution >= 0.6 is 0 Å². The molecule has 28 heavy (non-hydrogen) atoms. The van der Waals surface area contributed by atoms with Crippen LogP contribution in [0.2, 0.25) is 0 Å². The first kappa shape index (κ1) is 21.4. The van der Waals surface area contributed by atoms with E-state index in [0.717, 1.165) is 50.8 Å². The van der Waals surface area contributed by atoms with E-state index in [1.54, 1.807) is 13.0 Å². The summed E-state index contributed by atoms with van der Waals surface area (Å²) < 4.78 is 42.0. The second kappa shape index (κ2) is 9.01. The zero-order valence-corrected chi connectivity index (χ0v) is 17.7. The van der Waals surface area contributed by atoms with Gasteiger partial charge in [-0.2, -0.15) is 0 Å². The average Bonchev–Trinajstić information content (AvgIpc) is 2.69. The van der Waals surface area contributed by atoms with Crippen molar-refractivity contribution in [1.29, 1.82) is 0 Å². The van der Waals surface area contributed by atoms with Crippen LogP contribution in [0, 0.1) is 12.7 Å². The summed E-state index contributed by atoms with van der Waals surface area (Å²) in [5.41, 5.74) is 1.42. The minimum atomic E-state index is -3.54. The van der Waals surface area contributed by atoms with E-state index in [1.807, 2.05) is 6.07 Å². The molecule has 1 N–H and O–H groups in total. The number of nitrogens with zero attached hydrogens (tertiary/aromatic N) is 1. The Morgan fingerprint density at radius 2 is 1.79 bits per heavy atom. The van der Waals surface area contributed by atoms with Gasteiger partial charge in [-0.1, -0.05) is 25.3 Å². The van der Waals surface area contributed by atoms with E-state index in [1.165, 1.54) is 0 Å². The molecule has 1 heterocycles. The predicted octanol–water partition coefficient (Wildman–Crippen LogP) is 3.38. The molecule has 3 rings (SSSR count). The van der Waals surface area contributed by atoms with Gasteiger partial charge in [-0.05, 0) is 75.9 Å². The number of Topliss-reactive ketones (excluding diaryl/α,β-unsaturated/α-hetero) is 1. The predicted molar refractivity (Wildman–Crippen MR) is 109 cm³/mol. The number of likely N-dealkylation sites (tertiary alicyclic amines) is 1. The maximum Gasteiger partial charge on any atom is 0.214 e. The summed E-state index contributed by atoms with van der Waals surface area (Å²) in [7, 11) is -1.46.